The van der Waals surface area contributed by atoms with Crippen molar-refractivity contribution >= 4 is 12.2 Å². The topological polar surface area (TPSA) is 65.1 Å². The number of para-hydroxylation sites is 1. The number of hydrogen-bond acceptors (Lipinski definition) is 5. The number of aldehydes is 1. The van der Waals surface area contributed by atoms with Crippen LogP contribution in [0.2, 0.25) is 0 Å². The number of carbonyl (C=O) groups is 2. The van der Waals surface area contributed by atoms with Gasteiger partial charge in [0.05, 0.1) is 19.2 Å². The quantitative estimate of drug-likeness (QED) is 0.762. The Kier molecular flexibility index (Phi) is 4.65. The maximum absolute atomic E-state index is 12.5. The predicted octanol–water partition coefficient (Wildman–Crippen LogP) is 2.38. The molecule has 0 radical (unpaired) electrons. The molecule has 24 heavy (non-hydrogen) atoms. The minimum atomic E-state index is -0.116. The summed E-state index contributed by atoms with van der Waals surface area (Å²) in [7, 11) is 1.54. The third-order valence-corrected chi connectivity index (χ3v) is 3.73. The van der Waals surface area contributed by atoms with E-state index in [0.717, 1.165) is 6.29 Å². The van der Waals surface area contributed by atoms with Crippen LogP contribution in [0.5, 0.6) is 17.2 Å². The maximum atomic E-state index is 12.5. The minimum Gasteiger partial charge on any atom is -0.493 e. The average Bonchev–Trinajstić information content (AvgIpc) is 2.63. The average molecular weight is 327 g/mol. The Morgan fingerprint density at radius 1 is 1.21 bits per heavy atom. The van der Waals surface area contributed by atoms with E-state index in [1.54, 1.807) is 54.5 Å². The van der Waals surface area contributed by atoms with Gasteiger partial charge in [0.25, 0.3) is 5.91 Å². The van der Waals surface area contributed by atoms with E-state index in [4.69, 9.17) is 14.2 Å². The number of fused-ring (bicyclic) bond motifs is 1. The number of rotatable bonds is 6. The van der Waals surface area contributed by atoms with E-state index >= 15 is 0 Å². The molecule has 0 spiro atoms. The monoisotopic (exact) mass is 327 g/mol. The van der Waals surface area contributed by atoms with Crippen LogP contribution in [0.25, 0.3) is 0 Å². The molecule has 0 atom stereocenters. The lowest BCUT2D eigenvalue weighted by atomic mass is 10.1. The third kappa shape index (κ3) is 3.17. The molecular weight excluding hydrogens is 310 g/mol. The van der Waals surface area contributed by atoms with Crippen molar-refractivity contribution in [3.63, 3.8) is 0 Å². The standard InChI is InChI=1S/C18H17NO5/c1-22-16-4-2-3-15-17(16)24-12-19(18(15)21)9-10-23-14-7-5-13(11-20)6-8-14/h2-8,11H,9-10,12H2,1H3. The summed E-state index contributed by atoms with van der Waals surface area (Å²) >= 11 is 0. The molecule has 1 amide bonds. The first-order chi connectivity index (χ1) is 11.7. The summed E-state index contributed by atoms with van der Waals surface area (Å²) in [6, 6.07) is 12.0. The molecule has 0 bridgehead atoms. The zero-order chi connectivity index (χ0) is 16.9. The molecule has 124 valence electrons. The molecule has 2 aromatic carbocycles. The Hall–Kier alpha value is -3.02. The first-order valence-corrected chi connectivity index (χ1v) is 7.50. The molecule has 0 fully saturated rings. The fourth-order valence-corrected chi connectivity index (χ4v) is 2.45. The molecule has 0 N–H and O–H groups in total. The van der Waals surface area contributed by atoms with Crippen molar-refractivity contribution in [1.82, 2.24) is 4.90 Å². The first kappa shape index (κ1) is 15.9. The molecule has 0 unspecified atom stereocenters. The van der Waals surface area contributed by atoms with Gasteiger partial charge in [-0.15, -0.1) is 0 Å². The van der Waals surface area contributed by atoms with Crippen molar-refractivity contribution in [3.8, 4) is 17.2 Å². The van der Waals surface area contributed by atoms with E-state index in [-0.39, 0.29) is 12.6 Å². The Labute approximate surface area is 139 Å². The van der Waals surface area contributed by atoms with Crippen molar-refractivity contribution in [2.45, 2.75) is 0 Å². The molecule has 3 rings (SSSR count). The van der Waals surface area contributed by atoms with Gasteiger partial charge >= 0.3 is 0 Å². The van der Waals surface area contributed by atoms with Gasteiger partial charge in [-0.25, -0.2) is 0 Å². The van der Waals surface area contributed by atoms with E-state index in [9.17, 15) is 9.59 Å². The lowest BCUT2D eigenvalue weighted by Crippen LogP contribution is -2.41. The second-order valence-corrected chi connectivity index (χ2v) is 5.21. The van der Waals surface area contributed by atoms with Gasteiger partial charge in [-0.3, -0.25) is 9.59 Å². The summed E-state index contributed by atoms with van der Waals surface area (Å²) < 4.78 is 16.5. The molecule has 0 aromatic heterocycles. The van der Waals surface area contributed by atoms with Crippen LogP contribution in [-0.4, -0.2) is 44.1 Å². The number of hydrogen-bond donors (Lipinski definition) is 0. The third-order valence-electron chi connectivity index (χ3n) is 3.73. The SMILES string of the molecule is COc1cccc2c1OCN(CCOc1ccc(C=O)cc1)C2=O. The van der Waals surface area contributed by atoms with E-state index in [2.05, 4.69) is 0 Å². The van der Waals surface area contributed by atoms with Crippen molar-refractivity contribution in [2.24, 2.45) is 0 Å². The van der Waals surface area contributed by atoms with Crippen LogP contribution >= 0.6 is 0 Å². The van der Waals surface area contributed by atoms with Gasteiger partial charge in [-0.05, 0) is 36.4 Å². The molecule has 0 saturated heterocycles. The summed E-state index contributed by atoms with van der Waals surface area (Å²) in [6.45, 7) is 0.874. The Morgan fingerprint density at radius 2 is 2.00 bits per heavy atom. The maximum Gasteiger partial charge on any atom is 0.260 e. The van der Waals surface area contributed by atoms with Crippen molar-refractivity contribution in [2.75, 3.05) is 27.0 Å². The zero-order valence-electron chi connectivity index (χ0n) is 13.2. The highest BCUT2D eigenvalue weighted by Crippen LogP contribution is 2.34. The second kappa shape index (κ2) is 7.04. The Balaban J connectivity index is 1.60. The second-order valence-electron chi connectivity index (χ2n) is 5.21. The molecule has 6 heteroatoms. The Morgan fingerprint density at radius 3 is 2.71 bits per heavy atom. The lowest BCUT2D eigenvalue weighted by Gasteiger charge is -2.29. The van der Waals surface area contributed by atoms with Crippen LogP contribution in [0.3, 0.4) is 0 Å². The molecule has 1 aliphatic rings. The van der Waals surface area contributed by atoms with Gasteiger partial charge in [0.1, 0.15) is 18.6 Å². The fourth-order valence-electron chi connectivity index (χ4n) is 2.45. The van der Waals surface area contributed by atoms with Crippen LogP contribution in [0.4, 0.5) is 0 Å². The lowest BCUT2D eigenvalue weighted by molar-refractivity contribution is 0.0473. The predicted molar refractivity (Wildman–Crippen MR) is 86.9 cm³/mol. The van der Waals surface area contributed by atoms with Crippen LogP contribution in [0.1, 0.15) is 20.7 Å². The highest BCUT2D eigenvalue weighted by atomic mass is 16.5. The molecule has 0 saturated carbocycles. The number of methoxy groups -OCH3 is 1. The van der Waals surface area contributed by atoms with E-state index < -0.39 is 0 Å². The molecule has 6 nitrogen and oxygen atoms in total. The van der Waals surface area contributed by atoms with Crippen LogP contribution in [0.15, 0.2) is 42.5 Å². The molecule has 1 heterocycles. The van der Waals surface area contributed by atoms with Crippen molar-refractivity contribution in [3.05, 3.63) is 53.6 Å². The van der Waals surface area contributed by atoms with Crippen molar-refractivity contribution < 1.29 is 23.8 Å². The molecule has 2 aromatic rings. The summed E-state index contributed by atoms with van der Waals surface area (Å²) in [5.41, 5.74) is 1.07. The summed E-state index contributed by atoms with van der Waals surface area (Å²) in [5, 5.41) is 0. The fraction of sp³-hybridized carbons (Fsp3) is 0.222. The normalized spacial score (nSPS) is 13.0. The molecule has 0 aliphatic carbocycles. The van der Waals surface area contributed by atoms with E-state index in [1.165, 1.54) is 0 Å². The van der Waals surface area contributed by atoms with Crippen LogP contribution in [-0.2, 0) is 0 Å². The van der Waals surface area contributed by atoms with Gasteiger partial charge in [-0.2, -0.15) is 0 Å². The van der Waals surface area contributed by atoms with E-state index in [0.29, 0.717) is 41.5 Å². The van der Waals surface area contributed by atoms with E-state index in [1.807, 2.05) is 0 Å². The Bertz CT molecular complexity index is 742. The molecular formula is C18H17NO5. The first-order valence-electron chi connectivity index (χ1n) is 7.50. The number of ether oxygens (including phenoxy) is 3. The summed E-state index contributed by atoms with van der Waals surface area (Å²) in [6.07, 6.45) is 0.777. The number of benzene rings is 2. The number of nitrogens with zero attached hydrogens (tertiary/aromatic N) is 1. The van der Waals surface area contributed by atoms with Gasteiger partial charge in [0, 0.05) is 5.56 Å². The summed E-state index contributed by atoms with van der Waals surface area (Å²) in [4.78, 5) is 24.7. The van der Waals surface area contributed by atoms with Gasteiger partial charge in [0.15, 0.2) is 18.2 Å². The van der Waals surface area contributed by atoms with Crippen LogP contribution in [0, 0.1) is 0 Å². The zero-order valence-corrected chi connectivity index (χ0v) is 13.2. The number of amides is 1. The largest absolute Gasteiger partial charge is 0.493 e. The van der Waals surface area contributed by atoms with Gasteiger partial charge < -0.3 is 19.1 Å². The minimum absolute atomic E-state index is 0.116. The van der Waals surface area contributed by atoms with Gasteiger partial charge in [-0.1, -0.05) is 6.07 Å². The number of carbonyl (C=O) groups excluding carboxylic acids is 2. The molecule has 1 aliphatic heterocycles. The van der Waals surface area contributed by atoms with Crippen molar-refractivity contribution in [1.29, 1.82) is 0 Å². The van der Waals surface area contributed by atoms with Crippen LogP contribution < -0.4 is 14.2 Å². The highest BCUT2D eigenvalue weighted by molar-refractivity contribution is 5.98. The highest BCUT2D eigenvalue weighted by Gasteiger charge is 2.27. The summed E-state index contributed by atoms with van der Waals surface area (Å²) in [5.74, 6) is 1.56. The smallest absolute Gasteiger partial charge is 0.260 e. The van der Waals surface area contributed by atoms with Gasteiger partial charge in [0.2, 0.25) is 0 Å².